The van der Waals surface area contributed by atoms with E-state index < -0.39 is 11.7 Å². The number of nitrogens with one attached hydrogen (secondary N) is 2. The Morgan fingerprint density at radius 2 is 1.54 bits per heavy atom. The maximum Gasteiger partial charge on any atom is 0.421 e. The number of thioether (sulfide) groups is 2. The highest BCUT2D eigenvalue weighted by molar-refractivity contribution is 8.00. The Morgan fingerprint density at radius 3 is 2.17 bits per heavy atom. The van der Waals surface area contributed by atoms with E-state index in [1.165, 1.54) is 16.3 Å². The number of aryl methyl sites for hydroxylation is 4. The van der Waals surface area contributed by atoms with Gasteiger partial charge in [-0.25, -0.2) is 19.3 Å². The Labute approximate surface area is 390 Å². The second-order valence-electron chi connectivity index (χ2n) is 15.7. The molecule has 0 spiro atoms. The van der Waals surface area contributed by atoms with Crippen LogP contribution in [0.3, 0.4) is 0 Å². The Bertz CT molecular complexity index is 2230. The van der Waals surface area contributed by atoms with Crippen LogP contribution in [0.15, 0.2) is 94.2 Å². The Hall–Kier alpha value is -6.22. The number of rotatable bonds is 24. The first-order valence-electron chi connectivity index (χ1n) is 21.7. The van der Waals surface area contributed by atoms with E-state index in [4.69, 9.17) is 28.2 Å². The molecule has 65 heavy (non-hydrogen) atoms. The first-order valence-corrected chi connectivity index (χ1v) is 23.7. The average Bonchev–Trinajstić information content (AvgIpc) is 4.03. The first kappa shape index (κ1) is 53.1. The minimum absolute atomic E-state index is 0.0537. The number of anilines is 2. The van der Waals surface area contributed by atoms with E-state index in [1.54, 1.807) is 24.2 Å². The molecule has 0 aliphatic heterocycles. The molecule has 0 bridgehead atoms. The number of amides is 1. The molecule has 2 aromatic carbocycles. The fraction of sp³-hybridized carbons (Fsp3) is 0.457. The lowest BCUT2D eigenvalue weighted by atomic mass is 10.1. The molecule has 0 atom stereocenters. The number of nitrogen functional groups attached to an aromatic ring is 2. The van der Waals surface area contributed by atoms with Crippen molar-refractivity contribution < 1.29 is 19.1 Å². The maximum atomic E-state index is 12.0. The van der Waals surface area contributed by atoms with Crippen molar-refractivity contribution in [3.8, 4) is 12.3 Å². The second kappa shape index (κ2) is 30.8. The molecule has 5 rings (SSSR count). The molecule has 0 saturated carbocycles. The topological polar surface area (TPSA) is 250 Å². The number of ketones is 1. The van der Waals surface area contributed by atoms with E-state index in [1.807, 2.05) is 92.3 Å². The van der Waals surface area contributed by atoms with Crippen LogP contribution in [0, 0.1) is 12.3 Å². The monoisotopic (exact) mass is 925 g/mol. The third-order valence-electron chi connectivity index (χ3n) is 8.94. The molecule has 0 radical (unpaired) electrons. The van der Waals surface area contributed by atoms with Crippen molar-refractivity contribution in [1.29, 1.82) is 0 Å². The molecule has 1 amide bonds. The molecule has 5 aromatic rings. The predicted molar refractivity (Wildman–Crippen MR) is 259 cm³/mol. The zero-order valence-electron chi connectivity index (χ0n) is 37.7. The van der Waals surface area contributed by atoms with Crippen LogP contribution in [-0.4, -0.2) is 82.5 Å². The predicted octanol–water partition coefficient (Wildman–Crippen LogP) is 8.87. The van der Waals surface area contributed by atoms with E-state index in [0.717, 1.165) is 104 Å². The van der Waals surface area contributed by atoms with Crippen molar-refractivity contribution in [1.82, 2.24) is 39.8 Å². The quantitative estimate of drug-likeness (QED) is 0.0113. The number of aromatic nitrogens is 7. The molecule has 3 heterocycles. The summed E-state index contributed by atoms with van der Waals surface area (Å²) in [6.07, 6.45) is 21.3. The molecule has 0 fully saturated rings. The number of carbonyl (C=O) groups excluding carboxylic acids is 3. The molecule has 6 N–H and O–H groups in total. The van der Waals surface area contributed by atoms with Crippen molar-refractivity contribution in [2.45, 2.75) is 120 Å². The van der Waals surface area contributed by atoms with Crippen molar-refractivity contribution >= 4 is 53.2 Å². The number of terminal acetylenes is 1. The van der Waals surface area contributed by atoms with Gasteiger partial charge in [0.25, 0.3) is 0 Å². The number of hydrogen-bond acceptors (Lipinski definition) is 13. The summed E-state index contributed by atoms with van der Waals surface area (Å²) in [5.74, 6) is 4.38. The number of unbranched alkanes of at least 4 members (excludes halogenated alkanes) is 5. The van der Waals surface area contributed by atoms with Crippen LogP contribution < -0.4 is 16.8 Å². The number of imidazole rings is 2. The minimum Gasteiger partial charge on any atom is -0.443 e. The number of Topliss-reactive ketones (excluding diaryl/α,β-unsaturated/α-hetero) is 1. The highest BCUT2D eigenvalue weighted by atomic mass is 32.2. The van der Waals surface area contributed by atoms with Crippen LogP contribution in [0.4, 0.5) is 16.7 Å². The van der Waals surface area contributed by atoms with Crippen LogP contribution in [-0.2, 0) is 40.1 Å². The molecule has 0 aliphatic carbocycles. The normalized spacial score (nSPS) is 10.6. The molecule has 0 saturated heterocycles. The van der Waals surface area contributed by atoms with Crippen molar-refractivity contribution in [2.75, 3.05) is 36.1 Å². The summed E-state index contributed by atoms with van der Waals surface area (Å²) in [7, 11) is 0. The number of ether oxygens (including phenoxy) is 1. The lowest BCUT2D eigenvalue weighted by Gasteiger charge is -2.19. The lowest BCUT2D eigenvalue weighted by molar-refractivity contribution is -0.118. The fourth-order valence-corrected chi connectivity index (χ4v) is 7.37. The number of azide groups is 1. The summed E-state index contributed by atoms with van der Waals surface area (Å²) in [4.78, 5) is 51.3. The van der Waals surface area contributed by atoms with Gasteiger partial charge in [-0.3, -0.25) is 14.3 Å². The third-order valence-corrected chi connectivity index (χ3v) is 11.0. The number of H-pyrrole nitrogens is 1. The summed E-state index contributed by atoms with van der Waals surface area (Å²) < 4.78 is 8.36. The van der Waals surface area contributed by atoms with Gasteiger partial charge in [0.1, 0.15) is 11.4 Å². The zero-order valence-corrected chi connectivity index (χ0v) is 39.4. The molecule has 0 unspecified atom stereocenters. The second-order valence-corrected chi connectivity index (χ2v) is 17.8. The van der Waals surface area contributed by atoms with Gasteiger partial charge in [0.05, 0.1) is 29.1 Å². The molecule has 348 valence electrons. The van der Waals surface area contributed by atoms with Gasteiger partial charge in [0, 0.05) is 65.3 Å². The van der Waals surface area contributed by atoms with Gasteiger partial charge in [-0.05, 0) is 102 Å². The summed E-state index contributed by atoms with van der Waals surface area (Å²) >= 11 is 3.07. The third kappa shape index (κ3) is 24.4. The van der Waals surface area contributed by atoms with Crippen LogP contribution >= 0.6 is 23.5 Å². The number of benzene rings is 2. The molecule has 17 nitrogen and oxygen atoms in total. The number of carbonyl (C=O) groups is 3. The first-order chi connectivity index (χ1) is 31.3. The number of nitrogens with zero attached hydrogens (tertiary/aromatic N) is 9. The number of aromatic amines is 1. The summed E-state index contributed by atoms with van der Waals surface area (Å²) in [5.41, 5.74) is 21.7. The smallest absolute Gasteiger partial charge is 0.421 e. The highest BCUT2D eigenvalue weighted by Crippen LogP contribution is 2.19. The van der Waals surface area contributed by atoms with Crippen LogP contribution in [0.1, 0.15) is 95.6 Å². The summed E-state index contributed by atoms with van der Waals surface area (Å²) in [6.45, 7) is 6.84. The van der Waals surface area contributed by atoms with Crippen LogP contribution in [0.25, 0.3) is 10.4 Å². The molecular weight excluding hydrogens is 863 g/mol. The van der Waals surface area contributed by atoms with E-state index in [-0.39, 0.29) is 24.2 Å². The Kier molecular flexibility index (Phi) is 25.2. The summed E-state index contributed by atoms with van der Waals surface area (Å²) in [5, 5.41) is 14.4. The van der Waals surface area contributed by atoms with Gasteiger partial charge in [-0.1, -0.05) is 59.6 Å². The summed E-state index contributed by atoms with van der Waals surface area (Å²) in [6, 6.07) is 19.7. The van der Waals surface area contributed by atoms with Crippen LogP contribution in [0.5, 0.6) is 0 Å². The largest absolute Gasteiger partial charge is 0.443 e. The van der Waals surface area contributed by atoms with E-state index >= 15 is 0 Å². The molecule has 3 aromatic heterocycles. The van der Waals surface area contributed by atoms with Gasteiger partial charge in [0.15, 0.2) is 5.95 Å². The van der Waals surface area contributed by atoms with Crippen molar-refractivity contribution in [3.63, 3.8) is 0 Å². The van der Waals surface area contributed by atoms with Gasteiger partial charge >= 0.3 is 6.09 Å². The van der Waals surface area contributed by atoms with E-state index in [9.17, 15) is 14.4 Å². The van der Waals surface area contributed by atoms with Gasteiger partial charge in [-0.2, -0.15) is 0 Å². The maximum absolute atomic E-state index is 12.0. The number of hydrogen-bond donors (Lipinski definition) is 4. The Morgan fingerprint density at radius 1 is 0.892 bits per heavy atom. The molecular formula is C46H63N13O4S2. The Balaban J connectivity index is 0.000000273. The van der Waals surface area contributed by atoms with Crippen molar-refractivity contribution in [2.24, 2.45) is 5.11 Å². The standard InChI is InChI=1S/C21H28N6OS.C15H23N3O2.C10H12N4OS/c22-21-23-14-17(24-21)8-3-1-4-9-18-15-27(26-25-18)13-7-10-19(28)16-29-20-11-5-2-6-12-20;1-5-6-7-8-9-10-12-11-18(13(16)17-12)14(19)20-15(2,3)4;11-14-13-7-6-12-10(15)8-16-9-4-2-1-3-5-9/h2,5-6,11-12,14-15H,1,3-4,7-10,13,16H2,(H3,22,23,24);1,11H,6-10H2,2-4H3,(H2,16,17);1-5H,6-8H2,(H,12,15). The van der Waals surface area contributed by atoms with Crippen LogP contribution in [0.2, 0.25) is 0 Å². The molecule has 0 aliphatic rings. The average molecular weight is 926 g/mol. The van der Waals surface area contributed by atoms with Gasteiger partial charge in [-0.15, -0.1) is 41.0 Å². The minimum atomic E-state index is -0.552. The van der Waals surface area contributed by atoms with E-state index in [2.05, 4.69) is 46.5 Å². The van der Waals surface area contributed by atoms with Gasteiger partial charge < -0.3 is 26.5 Å². The van der Waals surface area contributed by atoms with E-state index in [0.29, 0.717) is 30.4 Å². The zero-order chi connectivity index (χ0) is 47.1. The van der Waals surface area contributed by atoms with Crippen molar-refractivity contribution in [3.05, 3.63) is 107 Å². The lowest BCUT2D eigenvalue weighted by Crippen LogP contribution is -2.27. The fourth-order valence-electron chi connectivity index (χ4n) is 5.79. The van der Waals surface area contributed by atoms with Gasteiger partial charge in [0.2, 0.25) is 11.9 Å². The molecule has 19 heteroatoms. The highest BCUT2D eigenvalue weighted by Gasteiger charge is 2.20. The SMILES string of the molecule is C#CCCCCCc1cn(C(=O)OC(C)(C)C)c(N)n1.Nc1ncc(CCCCCc2cn(CCCC(=O)CSc3ccccc3)nn2)[nH]1.[N-]=[N+]=NCCNC(=O)CSc1ccccc1. The number of nitrogens with two attached hydrogens (primary N) is 2.